The molecule has 0 bridgehead atoms. The molecule has 1 fully saturated rings. The Balaban J connectivity index is 2.02. The first-order valence-corrected chi connectivity index (χ1v) is 4.83. The number of nitrogens with one attached hydrogen (secondary N) is 1. The first-order valence-electron chi connectivity index (χ1n) is 4.83. The van der Waals surface area contributed by atoms with Crippen LogP contribution in [0, 0.1) is 6.92 Å². The Kier molecular flexibility index (Phi) is 2.31. The molecule has 0 radical (unpaired) electrons. The average molecular weight is 180 g/mol. The number of likely N-dealkylation sites (tertiary alicyclic amines) is 1. The molecule has 0 atom stereocenters. The van der Waals surface area contributed by atoms with Crippen LogP contribution in [0.3, 0.4) is 0 Å². The van der Waals surface area contributed by atoms with Gasteiger partial charge in [0.1, 0.15) is 5.82 Å². The molecule has 1 saturated heterocycles. The molecule has 0 spiro atoms. The van der Waals surface area contributed by atoms with Crippen molar-refractivity contribution in [1.82, 2.24) is 20.1 Å². The molecule has 1 aromatic heterocycles. The van der Waals surface area contributed by atoms with Crippen molar-refractivity contribution in [3.05, 3.63) is 11.6 Å². The minimum atomic E-state index is 0.571. The van der Waals surface area contributed by atoms with Gasteiger partial charge in [0, 0.05) is 5.92 Å². The number of H-pyrrole nitrogens is 1. The Bertz CT molecular complexity index is 273. The third-order valence-electron chi connectivity index (χ3n) is 2.70. The number of nitrogens with zero attached hydrogens (tertiary/aromatic N) is 3. The lowest BCUT2D eigenvalue weighted by molar-refractivity contribution is 0.251. The molecule has 4 heteroatoms. The van der Waals surface area contributed by atoms with Crippen molar-refractivity contribution >= 4 is 0 Å². The van der Waals surface area contributed by atoms with Crippen LogP contribution in [0.4, 0.5) is 0 Å². The third kappa shape index (κ3) is 1.88. The minimum Gasteiger partial charge on any atom is -0.306 e. The van der Waals surface area contributed by atoms with Crippen molar-refractivity contribution in [2.75, 3.05) is 20.1 Å². The summed E-state index contributed by atoms with van der Waals surface area (Å²) >= 11 is 0. The number of piperidine rings is 1. The Morgan fingerprint density at radius 3 is 2.62 bits per heavy atom. The Hall–Kier alpha value is -0.900. The normalized spacial score (nSPS) is 20.8. The van der Waals surface area contributed by atoms with Crippen LogP contribution in [-0.4, -0.2) is 40.2 Å². The zero-order valence-electron chi connectivity index (χ0n) is 8.25. The van der Waals surface area contributed by atoms with Crippen molar-refractivity contribution < 1.29 is 0 Å². The van der Waals surface area contributed by atoms with Crippen LogP contribution in [0.1, 0.15) is 30.4 Å². The van der Waals surface area contributed by atoms with Crippen LogP contribution in [0.5, 0.6) is 0 Å². The zero-order chi connectivity index (χ0) is 9.26. The van der Waals surface area contributed by atoms with Gasteiger partial charge in [-0.15, -0.1) is 0 Å². The van der Waals surface area contributed by atoms with E-state index in [-0.39, 0.29) is 0 Å². The molecule has 2 heterocycles. The van der Waals surface area contributed by atoms with Crippen LogP contribution < -0.4 is 0 Å². The van der Waals surface area contributed by atoms with Crippen LogP contribution in [0.2, 0.25) is 0 Å². The lowest BCUT2D eigenvalue weighted by atomic mass is 9.97. The summed E-state index contributed by atoms with van der Waals surface area (Å²) in [6.07, 6.45) is 2.38. The van der Waals surface area contributed by atoms with E-state index in [1.807, 2.05) is 6.92 Å². The van der Waals surface area contributed by atoms with E-state index in [4.69, 9.17) is 0 Å². The lowest BCUT2D eigenvalue weighted by Gasteiger charge is -2.26. The highest BCUT2D eigenvalue weighted by atomic mass is 15.2. The summed E-state index contributed by atoms with van der Waals surface area (Å²) < 4.78 is 0. The van der Waals surface area contributed by atoms with Crippen LogP contribution in [0.25, 0.3) is 0 Å². The summed E-state index contributed by atoms with van der Waals surface area (Å²) in [7, 11) is 2.17. The van der Waals surface area contributed by atoms with Gasteiger partial charge in [0.05, 0.1) is 0 Å². The summed E-state index contributed by atoms with van der Waals surface area (Å²) in [5.41, 5.74) is 0. The van der Waals surface area contributed by atoms with Crippen LogP contribution in [0.15, 0.2) is 0 Å². The summed E-state index contributed by atoms with van der Waals surface area (Å²) in [6.45, 7) is 4.28. The largest absolute Gasteiger partial charge is 0.306 e. The summed E-state index contributed by atoms with van der Waals surface area (Å²) in [4.78, 5) is 6.73. The van der Waals surface area contributed by atoms with E-state index in [1.165, 1.54) is 12.8 Å². The zero-order valence-corrected chi connectivity index (χ0v) is 8.25. The van der Waals surface area contributed by atoms with Gasteiger partial charge in [0.25, 0.3) is 0 Å². The Labute approximate surface area is 78.4 Å². The maximum Gasteiger partial charge on any atom is 0.153 e. The topological polar surface area (TPSA) is 44.8 Å². The minimum absolute atomic E-state index is 0.571. The molecule has 4 nitrogen and oxygen atoms in total. The second kappa shape index (κ2) is 3.46. The fourth-order valence-electron chi connectivity index (χ4n) is 1.81. The molecule has 0 aliphatic carbocycles. The number of hydrogen-bond acceptors (Lipinski definition) is 3. The van der Waals surface area contributed by atoms with Gasteiger partial charge in [-0.25, -0.2) is 4.98 Å². The maximum atomic E-state index is 4.37. The van der Waals surface area contributed by atoms with Crippen LogP contribution in [-0.2, 0) is 0 Å². The first kappa shape index (κ1) is 8.69. The fraction of sp³-hybridized carbons (Fsp3) is 0.778. The molecule has 1 aliphatic heterocycles. The monoisotopic (exact) mass is 180 g/mol. The quantitative estimate of drug-likeness (QED) is 0.699. The molecule has 0 aromatic carbocycles. The maximum absolute atomic E-state index is 4.37. The SMILES string of the molecule is Cc1nc(C2CCN(C)CC2)n[nH]1. The van der Waals surface area contributed by atoms with Gasteiger partial charge in [-0.1, -0.05) is 0 Å². The molecule has 2 rings (SSSR count). The second-order valence-corrected chi connectivity index (χ2v) is 3.86. The standard InChI is InChI=1S/C9H16N4/c1-7-10-9(12-11-7)8-3-5-13(2)6-4-8/h8H,3-6H2,1-2H3,(H,10,11,12). The van der Waals surface area contributed by atoms with Crippen molar-refractivity contribution in [2.45, 2.75) is 25.7 Å². The first-order chi connectivity index (χ1) is 6.25. The van der Waals surface area contributed by atoms with Gasteiger partial charge in [0.15, 0.2) is 5.82 Å². The van der Waals surface area contributed by atoms with Crippen molar-refractivity contribution in [1.29, 1.82) is 0 Å². The van der Waals surface area contributed by atoms with E-state index in [0.717, 1.165) is 24.7 Å². The van der Waals surface area contributed by atoms with Crippen LogP contribution >= 0.6 is 0 Å². The Morgan fingerprint density at radius 1 is 1.38 bits per heavy atom. The highest BCUT2D eigenvalue weighted by Crippen LogP contribution is 2.24. The van der Waals surface area contributed by atoms with E-state index in [2.05, 4.69) is 27.1 Å². The van der Waals surface area contributed by atoms with Crippen molar-refractivity contribution in [3.8, 4) is 0 Å². The predicted molar refractivity (Wildman–Crippen MR) is 50.6 cm³/mol. The van der Waals surface area contributed by atoms with E-state index >= 15 is 0 Å². The molecule has 72 valence electrons. The highest BCUT2D eigenvalue weighted by molar-refractivity contribution is 4.98. The fourth-order valence-corrected chi connectivity index (χ4v) is 1.81. The van der Waals surface area contributed by atoms with Crippen molar-refractivity contribution in [3.63, 3.8) is 0 Å². The third-order valence-corrected chi connectivity index (χ3v) is 2.70. The molecule has 0 saturated carbocycles. The highest BCUT2D eigenvalue weighted by Gasteiger charge is 2.21. The van der Waals surface area contributed by atoms with Gasteiger partial charge < -0.3 is 4.90 Å². The smallest absolute Gasteiger partial charge is 0.153 e. The predicted octanol–water partition coefficient (Wildman–Crippen LogP) is 0.922. The van der Waals surface area contributed by atoms with E-state index in [1.54, 1.807) is 0 Å². The van der Waals surface area contributed by atoms with Gasteiger partial charge in [0.2, 0.25) is 0 Å². The molecule has 1 aromatic rings. The molecule has 0 amide bonds. The molecule has 1 aliphatic rings. The van der Waals surface area contributed by atoms with Gasteiger partial charge in [-0.2, -0.15) is 5.10 Å². The summed E-state index contributed by atoms with van der Waals surface area (Å²) in [6, 6.07) is 0. The lowest BCUT2D eigenvalue weighted by Crippen LogP contribution is -2.29. The number of aryl methyl sites for hydroxylation is 1. The molecular weight excluding hydrogens is 164 g/mol. The van der Waals surface area contributed by atoms with Gasteiger partial charge >= 0.3 is 0 Å². The number of aromatic nitrogens is 3. The van der Waals surface area contributed by atoms with E-state index < -0.39 is 0 Å². The number of hydrogen-bond donors (Lipinski definition) is 1. The van der Waals surface area contributed by atoms with E-state index in [0.29, 0.717) is 5.92 Å². The molecular formula is C9H16N4. The van der Waals surface area contributed by atoms with Crippen molar-refractivity contribution in [2.24, 2.45) is 0 Å². The number of rotatable bonds is 1. The molecule has 13 heavy (non-hydrogen) atoms. The van der Waals surface area contributed by atoms with Gasteiger partial charge in [-0.3, -0.25) is 5.10 Å². The molecule has 1 N–H and O–H groups in total. The number of aromatic amines is 1. The average Bonchev–Trinajstić information content (AvgIpc) is 2.53. The summed E-state index contributed by atoms with van der Waals surface area (Å²) in [5, 5.41) is 7.11. The summed E-state index contributed by atoms with van der Waals surface area (Å²) in [5.74, 6) is 2.50. The Morgan fingerprint density at radius 2 is 2.08 bits per heavy atom. The van der Waals surface area contributed by atoms with E-state index in [9.17, 15) is 0 Å². The second-order valence-electron chi connectivity index (χ2n) is 3.86. The molecule has 0 unspecified atom stereocenters. The van der Waals surface area contributed by atoms with Gasteiger partial charge in [-0.05, 0) is 39.9 Å².